The van der Waals surface area contributed by atoms with E-state index in [0.717, 1.165) is 83.2 Å². The fourth-order valence-corrected chi connectivity index (χ4v) is 16.3. The van der Waals surface area contributed by atoms with Crippen LogP contribution in [0.1, 0.15) is 16.7 Å². The van der Waals surface area contributed by atoms with Crippen LogP contribution in [0.3, 0.4) is 0 Å². The van der Waals surface area contributed by atoms with Crippen LogP contribution >= 0.6 is 0 Å². The molecule has 21 aromatic rings. The van der Waals surface area contributed by atoms with E-state index >= 15 is 13.2 Å². The molecule has 0 radical (unpaired) electrons. The third kappa shape index (κ3) is 14.0. The van der Waals surface area contributed by atoms with Gasteiger partial charge in [-0.3, -0.25) is 0 Å². The van der Waals surface area contributed by atoms with Crippen molar-refractivity contribution in [1.29, 1.82) is 5.26 Å². The summed E-state index contributed by atoms with van der Waals surface area (Å²) in [5.74, 6) is 5.46. The van der Waals surface area contributed by atoms with E-state index in [9.17, 15) is 5.26 Å². The Labute approximate surface area is 703 Å². The molecular weight excluding hydrogens is 1530 g/mol. The van der Waals surface area contributed by atoms with Gasteiger partial charge >= 0.3 is 6.18 Å². The maximum Gasteiger partial charge on any atom is 0.417 e. The molecular formula is C105H64F3N15. The molecule has 0 saturated carbocycles. The van der Waals surface area contributed by atoms with Crippen molar-refractivity contribution in [2.45, 2.75) is 13.1 Å². The first-order chi connectivity index (χ1) is 60.4. The lowest BCUT2D eigenvalue weighted by Crippen LogP contribution is -2.08. The molecule has 6 aromatic heterocycles. The number of nitrogens with zero attached hydrogens (tertiary/aromatic N) is 15. The number of alkyl halides is 3. The molecule has 0 atom stereocenters. The van der Waals surface area contributed by atoms with Crippen molar-refractivity contribution in [1.82, 2.24) is 68.9 Å². The molecule has 18 heteroatoms. The molecule has 0 N–H and O–H groups in total. The van der Waals surface area contributed by atoms with Gasteiger partial charge < -0.3 is 9.13 Å². The van der Waals surface area contributed by atoms with Crippen molar-refractivity contribution < 1.29 is 13.2 Å². The van der Waals surface area contributed by atoms with Crippen molar-refractivity contribution in [2.24, 2.45) is 0 Å². The van der Waals surface area contributed by atoms with Crippen molar-refractivity contribution in [2.75, 3.05) is 0 Å². The molecule has 580 valence electrons. The molecule has 123 heavy (non-hydrogen) atoms. The Morgan fingerprint density at radius 2 is 0.472 bits per heavy atom. The largest absolute Gasteiger partial charge is 0.417 e. The number of aromatic nitrogens is 14. The number of hydrogen-bond acceptors (Lipinski definition) is 13. The number of halogens is 3. The summed E-state index contributed by atoms with van der Waals surface area (Å²) in [5.41, 5.74) is 14.5. The van der Waals surface area contributed by atoms with E-state index in [0.29, 0.717) is 142 Å². The van der Waals surface area contributed by atoms with Gasteiger partial charge in [-0.15, -0.1) is 0 Å². The first kappa shape index (κ1) is 73.8. The fraction of sp³-hybridized carbons (Fsp3) is 0.0190. The Morgan fingerprint density at radius 1 is 0.236 bits per heavy atom. The zero-order valence-electron chi connectivity index (χ0n) is 65.6. The Hall–Kier alpha value is -16.8. The van der Waals surface area contributed by atoms with Gasteiger partial charge in [0.05, 0.1) is 50.6 Å². The molecule has 0 aliphatic rings. The van der Waals surface area contributed by atoms with E-state index in [1.165, 1.54) is 6.07 Å². The van der Waals surface area contributed by atoms with Gasteiger partial charge in [0.2, 0.25) is 0 Å². The van der Waals surface area contributed by atoms with Gasteiger partial charge in [-0.25, -0.2) is 59.8 Å². The summed E-state index contributed by atoms with van der Waals surface area (Å²) in [6.07, 6.45) is -4.75. The van der Waals surface area contributed by atoms with Crippen molar-refractivity contribution in [3.63, 3.8) is 0 Å². The van der Waals surface area contributed by atoms with Gasteiger partial charge in [0.15, 0.2) is 69.9 Å². The molecule has 0 spiro atoms. The maximum atomic E-state index is 15.9. The minimum absolute atomic E-state index is 0.0173. The highest BCUT2D eigenvalue weighted by Crippen LogP contribution is 2.48. The van der Waals surface area contributed by atoms with Gasteiger partial charge in [-0.05, 0) is 121 Å². The highest BCUT2D eigenvalue weighted by atomic mass is 19.4. The molecule has 0 amide bonds. The van der Waals surface area contributed by atoms with Crippen LogP contribution in [-0.2, 0) is 6.18 Å². The molecule has 0 aliphatic heterocycles. The number of rotatable bonds is 16. The molecule has 21 rings (SSSR count). The first-order valence-corrected chi connectivity index (χ1v) is 40.0. The summed E-state index contributed by atoms with van der Waals surface area (Å²) in [7, 11) is 0. The van der Waals surface area contributed by atoms with Gasteiger partial charge in [-0.2, -0.15) is 18.4 Å². The Bertz CT molecular complexity index is 7130. The summed E-state index contributed by atoms with van der Waals surface area (Å²) in [5, 5.41) is 14.3. The van der Waals surface area contributed by atoms with E-state index in [2.05, 4.69) is 39.5 Å². The quantitative estimate of drug-likeness (QED) is 0.0889. The molecule has 0 unspecified atom stereocenters. The Balaban J connectivity index is 0.836. The van der Waals surface area contributed by atoms with E-state index in [1.54, 1.807) is 25.1 Å². The summed E-state index contributed by atoms with van der Waals surface area (Å²) < 4.78 is 52.1. The number of aryl methyl sites for hydroxylation is 1. The maximum absolute atomic E-state index is 15.9. The van der Waals surface area contributed by atoms with Gasteiger partial charge in [0.25, 0.3) is 0 Å². The van der Waals surface area contributed by atoms with E-state index in [-0.39, 0.29) is 5.56 Å². The van der Waals surface area contributed by atoms with E-state index in [4.69, 9.17) is 59.8 Å². The smallest absolute Gasteiger partial charge is 0.309 e. The van der Waals surface area contributed by atoms with E-state index in [1.807, 2.05) is 315 Å². The molecule has 0 saturated heterocycles. The van der Waals surface area contributed by atoms with Crippen LogP contribution in [0, 0.1) is 18.3 Å². The van der Waals surface area contributed by atoms with Crippen LogP contribution in [0.25, 0.3) is 214 Å². The lowest BCUT2D eigenvalue weighted by atomic mass is 9.91. The summed E-state index contributed by atoms with van der Waals surface area (Å²) in [6.45, 7) is 1.71. The van der Waals surface area contributed by atoms with Crippen molar-refractivity contribution in [3.05, 3.63) is 387 Å². The van der Waals surface area contributed by atoms with Crippen LogP contribution in [0.15, 0.2) is 370 Å². The standard InChI is InChI=1S/C105H64F3N15/c1-64-27-26-44-85(105(106,107)108)92(64)74-46-52-80(91(62-74)123-88-55-49-77(103-118-97(70-36-18-6-19-37-70)112-98(119-103)71-38-20-7-21-39-71)60-83(88)84-61-78(50-56-89(84)123)104-120-99(72-40-22-8-23-41-72)113-100(121-104)73-42-24-9-25-43-73)79-51-45-65(63-109)57-90(79)122-86-53-47-75(101-114-93(66-28-10-2-11-29-66)110-94(115-101)67-30-12-3-13-31-67)58-81(86)82-59-76(48-54-87(82)122)102-116-95(68-32-14-4-15-33-68)111-96(117-102)69-34-16-5-17-35-69/h2-62H,1H3. The van der Waals surface area contributed by atoms with Gasteiger partial charge in [0, 0.05) is 99.4 Å². The van der Waals surface area contributed by atoms with Crippen LogP contribution in [0.5, 0.6) is 0 Å². The summed E-state index contributed by atoms with van der Waals surface area (Å²) >= 11 is 0. The zero-order chi connectivity index (χ0) is 82.7. The average molecular weight is 1590 g/mol. The van der Waals surface area contributed by atoms with Gasteiger partial charge in [0.1, 0.15) is 0 Å². The second-order valence-electron chi connectivity index (χ2n) is 29.8. The highest BCUT2D eigenvalue weighted by Gasteiger charge is 2.35. The SMILES string of the molecule is Cc1cccc(C(F)(F)F)c1-c1ccc(-c2ccc(C#N)cc2-n2c3ccc(-c4nc(-c5ccccc5)nc(-c5ccccc5)n4)cc3c3cc(-c4nc(-c5ccccc5)nc(-c5ccccc5)n4)ccc32)c(-n2c3ccc(-c4nc(-c5ccccc5)nc(-c5ccccc5)n4)cc3c3cc(-c4nc(-c5ccccc5)nc(-c5ccccc5)n4)ccc32)c1. The Kier molecular flexibility index (Phi) is 18.6. The predicted molar refractivity (Wildman–Crippen MR) is 479 cm³/mol. The topological polar surface area (TPSA) is 188 Å². The van der Waals surface area contributed by atoms with Crippen LogP contribution in [-0.4, -0.2) is 68.9 Å². The van der Waals surface area contributed by atoms with Crippen molar-refractivity contribution in [3.8, 4) is 176 Å². The Morgan fingerprint density at radius 3 is 0.724 bits per heavy atom. The van der Waals surface area contributed by atoms with Gasteiger partial charge in [-0.1, -0.05) is 273 Å². The molecule has 0 fully saturated rings. The highest BCUT2D eigenvalue weighted by molar-refractivity contribution is 6.14. The normalized spacial score (nSPS) is 11.6. The third-order valence-electron chi connectivity index (χ3n) is 22.1. The third-order valence-corrected chi connectivity index (χ3v) is 22.1. The number of hydrogen-bond donors (Lipinski definition) is 0. The predicted octanol–water partition coefficient (Wildman–Crippen LogP) is 25.2. The number of fused-ring (bicyclic) bond motifs is 6. The minimum atomic E-state index is -4.75. The first-order valence-electron chi connectivity index (χ1n) is 40.0. The summed E-state index contributed by atoms with van der Waals surface area (Å²) in [4.78, 5) is 62.1. The number of nitriles is 1. The zero-order valence-corrected chi connectivity index (χ0v) is 65.6. The second-order valence-corrected chi connectivity index (χ2v) is 29.8. The molecule has 15 aromatic carbocycles. The minimum Gasteiger partial charge on any atom is -0.309 e. The molecule has 0 aliphatic carbocycles. The van der Waals surface area contributed by atoms with Crippen LogP contribution in [0.4, 0.5) is 13.2 Å². The van der Waals surface area contributed by atoms with Crippen LogP contribution < -0.4 is 0 Å². The molecule has 15 nitrogen and oxygen atoms in total. The average Bonchev–Trinajstić information content (AvgIpc) is 1.57. The van der Waals surface area contributed by atoms with E-state index < -0.39 is 11.7 Å². The number of benzene rings is 15. The fourth-order valence-electron chi connectivity index (χ4n) is 16.3. The molecule has 0 bridgehead atoms. The lowest BCUT2D eigenvalue weighted by Gasteiger charge is -2.21. The molecule has 6 heterocycles. The van der Waals surface area contributed by atoms with Crippen LogP contribution in [0.2, 0.25) is 0 Å². The lowest BCUT2D eigenvalue weighted by molar-refractivity contribution is -0.137. The monoisotopic (exact) mass is 1590 g/mol. The second kappa shape index (κ2) is 30.9. The summed E-state index contributed by atoms with van der Waals surface area (Å²) in [6, 6.07) is 121. The van der Waals surface area contributed by atoms with Crippen molar-refractivity contribution >= 4 is 43.6 Å².